The van der Waals surface area contributed by atoms with Gasteiger partial charge in [-0.25, -0.2) is 4.79 Å². The maximum absolute atomic E-state index is 10.5. The van der Waals surface area contributed by atoms with Crippen LogP contribution in [0.4, 0.5) is 4.79 Å². The van der Waals surface area contributed by atoms with Crippen LogP contribution in [0.5, 0.6) is 0 Å². The molecule has 1 heterocycles. The molecule has 0 spiro atoms. The van der Waals surface area contributed by atoms with E-state index >= 15 is 0 Å². The number of amides is 1. The first-order chi connectivity index (χ1) is 8.08. The summed E-state index contributed by atoms with van der Waals surface area (Å²) in [4.78, 5) is 22.6. The fraction of sp³-hybridized carbons (Fsp3) is 0.400. The molecule has 0 aliphatic carbocycles. The van der Waals surface area contributed by atoms with Gasteiger partial charge in [0.2, 0.25) is 0 Å². The van der Waals surface area contributed by atoms with Gasteiger partial charge in [0.15, 0.2) is 0 Å². The first-order valence-electron chi connectivity index (χ1n) is 5.00. The summed E-state index contributed by atoms with van der Waals surface area (Å²) in [5.74, 6) is -0.832. The molecule has 0 bridgehead atoms. The largest absolute Gasteiger partial charge is 0.481 e. The van der Waals surface area contributed by atoms with Gasteiger partial charge in [-0.3, -0.25) is 4.79 Å². The maximum Gasteiger partial charge on any atom is 0.404 e. The first-order valence-corrected chi connectivity index (χ1v) is 5.82. The number of carbonyl (C=O) groups excluding carboxylic acids is 1. The molecule has 4 N–H and O–H groups in total. The summed E-state index contributed by atoms with van der Waals surface area (Å²) in [6.45, 7) is 1.35. The van der Waals surface area contributed by atoms with E-state index < -0.39 is 12.1 Å². The van der Waals surface area contributed by atoms with Crippen LogP contribution in [-0.4, -0.2) is 30.3 Å². The van der Waals surface area contributed by atoms with Gasteiger partial charge in [-0.15, -0.1) is 11.3 Å². The number of primary amides is 1. The molecular weight excluding hydrogens is 244 g/mol. The molecule has 0 saturated carbocycles. The molecule has 1 aromatic heterocycles. The molecular formula is C10H14N2O4S. The monoisotopic (exact) mass is 258 g/mol. The van der Waals surface area contributed by atoms with Gasteiger partial charge in [0.05, 0.1) is 6.42 Å². The predicted octanol–water partition coefficient (Wildman–Crippen LogP) is 0.560. The number of ether oxygens (including phenoxy) is 1. The van der Waals surface area contributed by atoms with E-state index in [2.05, 4.69) is 10.1 Å². The number of rotatable bonds is 7. The van der Waals surface area contributed by atoms with E-state index in [-0.39, 0.29) is 13.0 Å². The highest BCUT2D eigenvalue weighted by molar-refractivity contribution is 7.12. The van der Waals surface area contributed by atoms with Gasteiger partial charge in [0.25, 0.3) is 0 Å². The van der Waals surface area contributed by atoms with Gasteiger partial charge in [0.1, 0.15) is 6.61 Å². The number of carbonyl (C=O) groups is 2. The van der Waals surface area contributed by atoms with Crippen LogP contribution in [0.3, 0.4) is 0 Å². The third kappa shape index (κ3) is 5.88. The van der Waals surface area contributed by atoms with Crippen molar-refractivity contribution in [3.05, 3.63) is 21.9 Å². The lowest BCUT2D eigenvalue weighted by atomic mass is 10.3. The molecule has 0 aromatic carbocycles. The first kappa shape index (κ1) is 13.5. The minimum atomic E-state index is -0.832. The summed E-state index contributed by atoms with van der Waals surface area (Å²) >= 11 is 1.45. The van der Waals surface area contributed by atoms with Crippen molar-refractivity contribution in [3.63, 3.8) is 0 Å². The third-order valence-electron chi connectivity index (χ3n) is 1.87. The molecule has 0 aliphatic rings. The number of hydrogen-bond acceptors (Lipinski definition) is 5. The molecule has 17 heavy (non-hydrogen) atoms. The lowest BCUT2D eigenvalue weighted by Crippen LogP contribution is -2.22. The molecule has 0 fully saturated rings. The zero-order valence-corrected chi connectivity index (χ0v) is 9.96. The average molecular weight is 258 g/mol. The van der Waals surface area contributed by atoms with E-state index in [0.29, 0.717) is 13.1 Å². The number of aliphatic carboxylic acids is 1. The number of carboxylic acid groups (broad SMARTS) is 1. The summed E-state index contributed by atoms with van der Waals surface area (Å²) in [7, 11) is 0. The highest BCUT2D eigenvalue weighted by Crippen LogP contribution is 2.16. The molecule has 1 aromatic rings. The Bertz CT molecular complexity index is 391. The Hall–Kier alpha value is -1.60. The van der Waals surface area contributed by atoms with Gasteiger partial charge in [-0.2, -0.15) is 0 Å². The lowest BCUT2D eigenvalue weighted by Gasteiger charge is -2.02. The van der Waals surface area contributed by atoms with Crippen molar-refractivity contribution in [3.8, 4) is 0 Å². The number of nitrogens with two attached hydrogens (primary N) is 1. The summed E-state index contributed by atoms with van der Waals surface area (Å²) in [6, 6.07) is 3.68. The predicted molar refractivity (Wildman–Crippen MR) is 62.9 cm³/mol. The van der Waals surface area contributed by atoms with E-state index in [4.69, 9.17) is 10.8 Å². The Balaban J connectivity index is 2.21. The van der Waals surface area contributed by atoms with Crippen molar-refractivity contribution in [2.24, 2.45) is 5.73 Å². The number of hydrogen-bond donors (Lipinski definition) is 3. The third-order valence-corrected chi connectivity index (χ3v) is 2.95. The van der Waals surface area contributed by atoms with Crippen molar-refractivity contribution in [2.75, 3.05) is 13.2 Å². The van der Waals surface area contributed by atoms with Gasteiger partial charge in [0, 0.05) is 22.8 Å². The van der Waals surface area contributed by atoms with Crippen molar-refractivity contribution < 1.29 is 19.4 Å². The Labute approximate surface area is 102 Å². The highest BCUT2D eigenvalue weighted by Gasteiger charge is 2.04. The van der Waals surface area contributed by atoms with E-state index in [1.54, 1.807) is 6.07 Å². The SMILES string of the molecule is NC(=O)OCCNCc1ccc(CC(=O)O)s1. The van der Waals surface area contributed by atoms with Crippen LogP contribution in [0.25, 0.3) is 0 Å². The van der Waals surface area contributed by atoms with Crippen LogP contribution >= 0.6 is 11.3 Å². The van der Waals surface area contributed by atoms with E-state index in [1.165, 1.54) is 11.3 Å². The van der Waals surface area contributed by atoms with Crippen LogP contribution in [0.2, 0.25) is 0 Å². The second-order valence-corrected chi connectivity index (χ2v) is 4.54. The fourth-order valence-electron chi connectivity index (χ4n) is 1.20. The topological polar surface area (TPSA) is 102 Å². The molecule has 7 heteroatoms. The molecule has 6 nitrogen and oxygen atoms in total. The van der Waals surface area contributed by atoms with Gasteiger partial charge in [-0.05, 0) is 12.1 Å². The minimum absolute atomic E-state index is 0.0510. The molecule has 0 atom stereocenters. The Morgan fingerprint density at radius 2 is 2.12 bits per heavy atom. The van der Waals surface area contributed by atoms with E-state index in [9.17, 15) is 9.59 Å². The standard InChI is InChI=1S/C10H14N2O4S/c11-10(15)16-4-3-12-6-8-2-1-7(17-8)5-9(13)14/h1-2,12H,3-6H2,(H2,11,15)(H,13,14). The normalized spacial score (nSPS) is 10.1. The molecule has 0 saturated heterocycles. The summed E-state index contributed by atoms with van der Waals surface area (Å²) < 4.78 is 4.54. The minimum Gasteiger partial charge on any atom is -0.481 e. The summed E-state index contributed by atoms with van der Waals surface area (Å²) in [5, 5.41) is 11.7. The number of nitrogens with one attached hydrogen (secondary N) is 1. The van der Waals surface area contributed by atoms with Crippen molar-refractivity contribution >= 4 is 23.4 Å². The Morgan fingerprint density at radius 1 is 1.41 bits per heavy atom. The van der Waals surface area contributed by atoms with Crippen molar-refractivity contribution in [2.45, 2.75) is 13.0 Å². The van der Waals surface area contributed by atoms with Gasteiger partial charge < -0.3 is 20.9 Å². The molecule has 1 rings (SSSR count). The highest BCUT2D eigenvalue weighted by atomic mass is 32.1. The van der Waals surface area contributed by atoms with E-state index in [0.717, 1.165) is 9.75 Å². The smallest absolute Gasteiger partial charge is 0.404 e. The van der Waals surface area contributed by atoms with Gasteiger partial charge in [-0.1, -0.05) is 0 Å². The van der Waals surface area contributed by atoms with Crippen LogP contribution in [0.1, 0.15) is 9.75 Å². The summed E-state index contributed by atoms with van der Waals surface area (Å²) in [6.07, 6.45) is -0.734. The zero-order valence-electron chi connectivity index (χ0n) is 9.14. The van der Waals surface area contributed by atoms with Crippen molar-refractivity contribution in [1.29, 1.82) is 0 Å². The number of thiophene rings is 1. The molecule has 0 aliphatic heterocycles. The lowest BCUT2D eigenvalue weighted by molar-refractivity contribution is -0.136. The van der Waals surface area contributed by atoms with Crippen LogP contribution in [0.15, 0.2) is 12.1 Å². The zero-order chi connectivity index (χ0) is 12.7. The Kier molecular flexibility index (Phi) is 5.44. The average Bonchev–Trinajstić information content (AvgIpc) is 2.63. The molecule has 0 radical (unpaired) electrons. The molecule has 1 amide bonds. The fourth-order valence-corrected chi connectivity index (χ4v) is 2.18. The maximum atomic E-state index is 10.5. The Morgan fingerprint density at radius 3 is 2.76 bits per heavy atom. The van der Waals surface area contributed by atoms with Crippen LogP contribution in [0, 0.1) is 0 Å². The second-order valence-electron chi connectivity index (χ2n) is 3.28. The molecule has 0 unspecified atom stereocenters. The quantitative estimate of drug-likeness (QED) is 0.620. The summed E-state index contributed by atoms with van der Waals surface area (Å²) in [5.41, 5.74) is 4.79. The molecule has 94 valence electrons. The second kappa shape index (κ2) is 6.87. The van der Waals surface area contributed by atoms with Crippen LogP contribution < -0.4 is 11.1 Å². The van der Waals surface area contributed by atoms with Crippen LogP contribution in [-0.2, 0) is 22.5 Å². The van der Waals surface area contributed by atoms with E-state index in [1.807, 2.05) is 6.07 Å². The van der Waals surface area contributed by atoms with Gasteiger partial charge >= 0.3 is 12.1 Å². The number of carboxylic acids is 1. The van der Waals surface area contributed by atoms with Crippen molar-refractivity contribution in [1.82, 2.24) is 5.32 Å².